The minimum Gasteiger partial charge on any atom is -0.519 e. The quantitative estimate of drug-likeness (QED) is 0.637. The minimum absolute atomic E-state index is 0.684. The summed E-state index contributed by atoms with van der Waals surface area (Å²) in [5.41, 5.74) is 1.08. The smallest absolute Gasteiger partial charge is 0.273 e. The molecule has 0 atom stereocenters. The van der Waals surface area contributed by atoms with Crippen LogP contribution in [0.25, 0.3) is 0 Å². The van der Waals surface area contributed by atoms with Crippen molar-refractivity contribution in [2.24, 2.45) is 0 Å². The van der Waals surface area contributed by atoms with Crippen LogP contribution in [0.4, 0.5) is 0 Å². The molecule has 0 saturated heterocycles. The van der Waals surface area contributed by atoms with Crippen molar-refractivity contribution >= 4 is 8.32 Å². The SMILES string of the molecule is Cc1ccoc1O[Si](C)(C)C. The standard InChI is InChI=1S/C8H14O2Si/c1-7-5-6-9-8(7)10-11(2,3)4/h5-6H,1-4H3. The molecule has 0 amide bonds. The lowest BCUT2D eigenvalue weighted by molar-refractivity contribution is 0.383. The maximum atomic E-state index is 5.64. The van der Waals surface area contributed by atoms with Gasteiger partial charge in [-0.1, -0.05) is 0 Å². The zero-order chi connectivity index (χ0) is 8.48. The van der Waals surface area contributed by atoms with Crippen LogP contribution in [0.5, 0.6) is 5.95 Å². The van der Waals surface area contributed by atoms with E-state index in [-0.39, 0.29) is 0 Å². The van der Waals surface area contributed by atoms with Crippen molar-refractivity contribution in [1.29, 1.82) is 0 Å². The molecule has 2 nitrogen and oxygen atoms in total. The third kappa shape index (κ3) is 2.42. The molecule has 0 radical (unpaired) electrons. The van der Waals surface area contributed by atoms with E-state index < -0.39 is 8.32 Å². The average molecular weight is 170 g/mol. The van der Waals surface area contributed by atoms with Gasteiger partial charge in [-0.3, -0.25) is 0 Å². The highest BCUT2D eigenvalue weighted by Gasteiger charge is 2.18. The first-order chi connectivity index (χ1) is 4.99. The van der Waals surface area contributed by atoms with Gasteiger partial charge in [-0.05, 0) is 32.6 Å². The third-order valence-electron chi connectivity index (χ3n) is 1.21. The molecule has 0 spiro atoms. The van der Waals surface area contributed by atoms with Gasteiger partial charge in [-0.15, -0.1) is 0 Å². The highest BCUT2D eigenvalue weighted by Crippen LogP contribution is 2.21. The van der Waals surface area contributed by atoms with Crippen LogP contribution in [0.3, 0.4) is 0 Å². The van der Waals surface area contributed by atoms with Crippen molar-refractivity contribution in [2.75, 3.05) is 0 Å². The zero-order valence-corrected chi connectivity index (χ0v) is 8.47. The van der Waals surface area contributed by atoms with Crippen molar-refractivity contribution in [2.45, 2.75) is 26.6 Å². The van der Waals surface area contributed by atoms with E-state index in [1.54, 1.807) is 6.26 Å². The summed E-state index contributed by atoms with van der Waals surface area (Å²) in [6, 6.07) is 1.91. The molecule has 1 aromatic heterocycles. The Morgan fingerprint density at radius 3 is 2.36 bits per heavy atom. The van der Waals surface area contributed by atoms with Gasteiger partial charge in [0, 0.05) is 5.56 Å². The summed E-state index contributed by atoms with van der Waals surface area (Å²) in [7, 11) is -1.49. The molecule has 0 saturated carbocycles. The van der Waals surface area contributed by atoms with Gasteiger partial charge in [0.05, 0.1) is 6.26 Å². The van der Waals surface area contributed by atoms with Crippen LogP contribution in [0, 0.1) is 6.92 Å². The monoisotopic (exact) mass is 170 g/mol. The molecule has 0 aliphatic heterocycles. The number of hydrogen-bond acceptors (Lipinski definition) is 2. The number of aryl methyl sites for hydroxylation is 1. The highest BCUT2D eigenvalue weighted by atomic mass is 28.4. The Morgan fingerprint density at radius 1 is 1.36 bits per heavy atom. The summed E-state index contributed by atoms with van der Waals surface area (Å²) in [4.78, 5) is 0. The second-order valence-electron chi connectivity index (χ2n) is 3.61. The maximum Gasteiger partial charge on any atom is 0.273 e. The van der Waals surface area contributed by atoms with Gasteiger partial charge >= 0.3 is 0 Å². The van der Waals surface area contributed by atoms with Crippen molar-refractivity contribution in [1.82, 2.24) is 0 Å². The molecule has 11 heavy (non-hydrogen) atoms. The van der Waals surface area contributed by atoms with Crippen molar-refractivity contribution in [3.05, 3.63) is 17.9 Å². The molecule has 62 valence electrons. The van der Waals surface area contributed by atoms with Crippen molar-refractivity contribution in [3.63, 3.8) is 0 Å². The van der Waals surface area contributed by atoms with Crippen LogP contribution in [0.2, 0.25) is 19.6 Å². The molecule has 0 N–H and O–H groups in total. The lowest BCUT2D eigenvalue weighted by Gasteiger charge is -2.16. The van der Waals surface area contributed by atoms with Gasteiger partial charge in [0.2, 0.25) is 8.32 Å². The second kappa shape index (κ2) is 2.74. The maximum absolute atomic E-state index is 5.64. The average Bonchev–Trinajstić information content (AvgIpc) is 2.12. The van der Waals surface area contributed by atoms with Gasteiger partial charge < -0.3 is 8.84 Å². The van der Waals surface area contributed by atoms with Crippen LogP contribution in [0.1, 0.15) is 5.56 Å². The molecule has 0 fully saturated rings. The van der Waals surface area contributed by atoms with E-state index in [0.29, 0.717) is 5.95 Å². The fourth-order valence-corrected chi connectivity index (χ4v) is 1.51. The zero-order valence-electron chi connectivity index (χ0n) is 7.47. The van der Waals surface area contributed by atoms with E-state index in [2.05, 4.69) is 19.6 Å². The van der Waals surface area contributed by atoms with Crippen LogP contribution >= 0.6 is 0 Å². The minimum atomic E-state index is -1.49. The molecule has 0 bridgehead atoms. The molecule has 1 heterocycles. The fraction of sp³-hybridized carbons (Fsp3) is 0.500. The summed E-state index contributed by atoms with van der Waals surface area (Å²) in [5, 5.41) is 0. The first kappa shape index (κ1) is 8.39. The van der Waals surface area contributed by atoms with Gasteiger partial charge in [-0.2, -0.15) is 0 Å². The van der Waals surface area contributed by atoms with Crippen molar-refractivity contribution < 1.29 is 8.84 Å². The predicted molar refractivity (Wildman–Crippen MR) is 47.4 cm³/mol. The van der Waals surface area contributed by atoms with E-state index in [9.17, 15) is 0 Å². The van der Waals surface area contributed by atoms with Gasteiger partial charge in [0.15, 0.2) is 0 Å². The summed E-state index contributed by atoms with van der Waals surface area (Å²) >= 11 is 0. The highest BCUT2D eigenvalue weighted by molar-refractivity contribution is 6.70. The first-order valence-corrected chi connectivity index (χ1v) is 7.13. The lowest BCUT2D eigenvalue weighted by atomic mass is 10.4. The Labute approximate surface area is 68.3 Å². The number of rotatable bonds is 2. The topological polar surface area (TPSA) is 22.4 Å². The third-order valence-corrected chi connectivity index (χ3v) is 2.01. The molecular weight excluding hydrogens is 156 g/mol. The van der Waals surface area contributed by atoms with E-state index in [4.69, 9.17) is 8.84 Å². The fourth-order valence-electron chi connectivity index (χ4n) is 0.742. The Kier molecular flexibility index (Phi) is 2.09. The Hall–Kier alpha value is -0.703. The van der Waals surface area contributed by atoms with Gasteiger partial charge in [-0.25, -0.2) is 0 Å². The molecule has 1 aromatic rings. The van der Waals surface area contributed by atoms with Crippen molar-refractivity contribution in [3.8, 4) is 5.95 Å². The van der Waals surface area contributed by atoms with Gasteiger partial charge in [0.1, 0.15) is 0 Å². The first-order valence-electron chi connectivity index (χ1n) is 3.72. The van der Waals surface area contributed by atoms with Crippen LogP contribution in [0.15, 0.2) is 16.7 Å². The molecule has 1 rings (SSSR count). The number of hydrogen-bond donors (Lipinski definition) is 0. The summed E-state index contributed by atoms with van der Waals surface area (Å²) < 4.78 is 10.8. The van der Waals surface area contributed by atoms with Crippen LogP contribution in [-0.2, 0) is 0 Å². The molecule has 0 unspecified atom stereocenters. The molecule has 0 aromatic carbocycles. The van der Waals surface area contributed by atoms with E-state index in [1.807, 2.05) is 13.0 Å². The Bertz CT molecular complexity index is 234. The van der Waals surface area contributed by atoms with E-state index >= 15 is 0 Å². The van der Waals surface area contributed by atoms with Gasteiger partial charge in [0.25, 0.3) is 5.95 Å². The molecular formula is C8H14O2Si. The normalized spacial score (nSPS) is 11.6. The predicted octanol–water partition coefficient (Wildman–Crippen LogP) is 2.80. The summed E-state index contributed by atoms with van der Waals surface area (Å²) in [6.45, 7) is 8.39. The second-order valence-corrected chi connectivity index (χ2v) is 8.03. The molecule has 3 heteroatoms. The summed E-state index contributed by atoms with van der Waals surface area (Å²) in [6.07, 6.45) is 1.66. The lowest BCUT2D eigenvalue weighted by Crippen LogP contribution is -2.29. The van der Waals surface area contributed by atoms with Crippen LogP contribution in [-0.4, -0.2) is 8.32 Å². The van der Waals surface area contributed by atoms with E-state index in [1.165, 1.54) is 0 Å². The summed E-state index contributed by atoms with van der Waals surface area (Å²) in [5.74, 6) is 0.684. The Morgan fingerprint density at radius 2 is 2.00 bits per heavy atom. The van der Waals surface area contributed by atoms with Crippen LogP contribution < -0.4 is 4.43 Å². The largest absolute Gasteiger partial charge is 0.519 e. The number of furan rings is 1. The van der Waals surface area contributed by atoms with E-state index in [0.717, 1.165) is 5.56 Å². The molecule has 0 aliphatic carbocycles. The Balaban J connectivity index is 2.72. The molecule has 0 aliphatic rings.